The SMILES string of the molecule is O=C(C1CCCN1C(=O)Cc1cccs1)N1CCN(Cc2csc(-c3ccccc3)n2)CC1. The van der Waals surface area contributed by atoms with Gasteiger partial charge in [0.05, 0.1) is 12.1 Å². The summed E-state index contributed by atoms with van der Waals surface area (Å²) in [5.41, 5.74) is 2.23. The van der Waals surface area contributed by atoms with E-state index in [1.807, 2.05) is 45.5 Å². The lowest BCUT2D eigenvalue weighted by Gasteiger charge is -2.37. The monoisotopic (exact) mass is 480 g/mol. The Balaban J connectivity index is 1.13. The van der Waals surface area contributed by atoms with Crippen LogP contribution < -0.4 is 0 Å². The molecule has 2 amide bonds. The molecule has 0 saturated carbocycles. The van der Waals surface area contributed by atoms with Gasteiger partial charge in [-0.1, -0.05) is 36.4 Å². The van der Waals surface area contributed by atoms with Crippen LogP contribution in [0.5, 0.6) is 0 Å². The van der Waals surface area contributed by atoms with E-state index < -0.39 is 0 Å². The highest BCUT2D eigenvalue weighted by Gasteiger charge is 2.37. The van der Waals surface area contributed by atoms with Crippen LogP contribution in [0.25, 0.3) is 10.6 Å². The first-order valence-corrected chi connectivity index (χ1v) is 13.3. The molecule has 2 aliphatic rings. The van der Waals surface area contributed by atoms with Crippen molar-refractivity contribution < 1.29 is 9.59 Å². The minimum Gasteiger partial charge on any atom is -0.338 e. The van der Waals surface area contributed by atoms with Gasteiger partial charge in [-0.05, 0) is 24.3 Å². The Kier molecular flexibility index (Phi) is 6.85. The van der Waals surface area contributed by atoms with E-state index in [1.54, 1.807) is 22.7 Å². The Labute approximate surface area is 202 Å². The molecule has 2 aromatic heterocycles. The number of piperazine rings is 1. The average Bonchev–Trinajstić information content (AvgIpc) is 3.62. The molecule has 172 valence electrons. The van der Waals surface area contributed by atoms with Crippen LogP contribution in [0.4, 0.5) is 0 Å². The zero-order valence-corrected chi connectivity index (χ0v) is 20.2. The van der Waals surface area contributed by atoms with Crippen LogP contribution in [-0.2, 0) is 22.6 Å². The molecule has 0 spiro atoms. The Hall–Kier alpha value is -2.55. The number of likely N-dealkylation sites (tertiary alicyclic amines) is 1. The van der Waals surface area contributed by atoms with Gasteiger partial charge in [-0.15, -0.1) is 22.7 Å². The van der Waals surface area contributed by atoms with Gasteiger partial charge in [-0.25, -0.2) is 4.98 Å². The molecule has 4 heterocycles. The quantitative estimate of drug-likeness (QED) is 0.539. The van der Waals surface area contributed by atoms with Crippen LogP contribution in [0.15, 0.2) is 53.2 Å². The predicted octanol–water partition coefficient (Wildman–Crippen LogP) is 3.75. The summed E-state index contributed by atoms with van der Waals surface area (Å²) >= 11 is 3.27. The summed E-state index contributed by atoms with van der Waals surface area (Å²) in [7, 11) is 0. The number of amides is 2. The summed E-state index contributed by atoms with van der Waals surface area (Å²) < 4.78 is 0. The fraction of sp³-hybridized carbons (Fsp3) is 0.400. The number of nitrogens with zero attached hydrogens (tertiary/aromatic N) is 4. The van der Waals surface area contributed by atoms with Gasteiger partial charge in [0.2, 0.25) is 11.8 Å². The molecule has 0 N–H and O–H groups in total. The summed E-state index contributed by atoms with van der Waals surface area (Å²) in [5, 5.41) is 5.17. The van der Waals surface area contributed by atoms with Crippen molar-refractivity contribution in [3.05, 3.63) is 63.8 Å². The lowest BCUT2D eigenvalue weighted by Crippen LogP contribution is -2.54. The number of carbonyl (C=O) groups is 2. The standard InChI is InChI=1S/C25H28N4O2S2/c30-23(16-21-8-5-15-32-21)29-10-4-9-22(29)25(31)28-13-11-27(12-14-28)17-20-18-33-24(26-20)19-6-2-1-3-7-19/h1-3,5-8,15,18,22H,4,9-14,16-17H2. The summed E-state index contributed by atoms with van der Waals surface area (Å²) in [6.07, 6.45) is 2.07. The number of rotatable bonds is 6. The molecule has 33 heavy (non-hydrogen) atoms. The van der Waals surface area contributed by atoms with E-state index in [9.17, 15) is 9.59 Å². The molecule has 2 fully saturated rings. The maximum atomic E-state index is 13.2. The van der Waals surface area contributed by atoms with E-state index in [-0.39, 0.29) is 17.9 Å². The van der Waals surface area contributed by atoms with Crippen LogP contribution in [0, 0.1) is 0 Å². The first-order valence-electron chi connectivity index (χ1n) is 11.5. The zero-order chi connectivity index (χ0) is 22.6. The van der Waals surface area contributed by atoms with Crippen LogP contribution in [-0.4, -0.2) is 70.3 Å². The second-order valence-electron chi connectivity index (χ2n) is 8.61. The van der Waals surface area contributed by atoms with E-state index in [1.165, 1.54) is 0 Å². The predicted molar refractivity (Wildman–Crippen MR) is 132 cm³/mol. The van der Waals surface area contributed by atoms with Gasteiger partial charge in [0.25, 0.3) is 0 Å². The third kappa shape index (κ3) is 5.18. The van der Waals surface area contributed by atoms with Gasteiger partial charge in [0.15, 0.2) is 0 Å². The van der Waals surface area contributed by atoms with E-state index in [2.05, 4.69) is 22.4 Å². The third-order valence-electron chi connectivity index (χ3n) is 6.41. The third-order valence-corrected chi connectivity index (χ3v) is 8.22. The van der Waals surface area contributed by atoms with E-state index in [4.69, 9.17) is 4.98 Å². The normalized spacial score (nSPS) is 19.2. The minimum atomic E-state index is -0.295. The number of carbonyl (C=O) groups excluding carboxylic acids is 2. The van der Waals surface area contributed by atoms with E-state index in [0.717, 1.165) is 53.6 Å². The van der Waals surface area contributed by atoms with Crippen molar-refractivity contribution in [2.24, 2.45) is 0 Å². The molecule has 0 bridgehead atoms. The second-order valence-corrected chi connectivity index (χ2v) is 10.5. The minimum absolute atomic E-state index is 0.0738. The number of aromatic nitrogens is 1. The number of hydrogen-bond donors (Lipinski definition) is 0. The first-order chi connectivity index (χ1) is 16.2. The lowest BCUT2D eigenvalue weighted by molar-refractivity contribution is -0.144. The van der Waals surface area contributed by atoms with E-state index in [0.29, 0.717) is 26.1 Å². The maximum absolute atomic E-state index is 13.2. The van der Waals surface area contributed by atoms with Crippen LogP contribution >= 0.6 is 22.7 Å². The Morgan fingerprint density at radius 2 is 1.79 bits per heavy atom. The molecule has 2 saturated heterocycles. The van der Waals surface area contributed by atoms with Crippen molar-refractivity contribution in [3.8, 4) is 10.6 Å². The molecular formula is C25H28N4O2S2. The molecular weight excluding hydrogens is 452 g/mol. The van der Waals surface area contributed by atoms with Gasteiger partial charge in [-0.3, -0.25) is 14.5 Å². The highest BCUT2D eigenvalue weighted by atomic mass is 32.1. The number of thiophene rings is 1. The molecule has 1 aromatic carbocycles. The number of benzene rings is 1. The molecule has 0 aliphatic carbocycles. The molecule has 2 aliphatic heterocycles. The van der Waals surface area contributed by atoms with Crippen molar-refractivity contribution in [2.45, 2.75) is 31.8 Å². The van der Waals surface area contributed by atoms with E-state index >= 15 is 0 Å². The van der Waals surface area contributed by atoms with Crippen molar-refractivity contribution >= 4 is 34.5 Å². The lowest BCUT2D eigenvalue weighted by atomic mass is 10.1. The van der Waals surface area contributed by atoms with Crippen molar-refractivity contribution in [1.29, 1.82) is 0 Å². The Morgan fingerprint density at radius 3 is 2.55 bits per heavy atom. The topological polar surface area (TPSA) is 56.8 Å². The van der Waals surface area contributed by atoms with Crippen molar-refractivity contribution in [2.75, 3.05) is 32.7 Å². The van der Waals surface area contributed by atoms with Gasteiger partial charge in [0.1, 0.15) is 11.0 Å². The molecule has 6 nitrogen and oxygen atoms in total. The fourth-order valence-corrected chi connectivity index (χ4v) is 6.16. The van der Waals surface area contributed by atoms with Crippen LogP contribution in [0.3, 0.4) is 0 Å². The summed E-state index contributed by atoms with van der Waals surface area (Å²) in [5.74, 6) is 0.191. The first kappa shape index (κ1) is 22.3. The highest BCUT2D eigenvalue weighted by molar-refractivity contribution is 7.13. The molecule has 8 heteroatoms. The summed E-state index contributed by atoms with van der Waals surface area (Å²) in [4.78, 5) is 38.1. The van der Waals surface area contributed by atoms with Crippen LogP contribution in [0.2, 0.25) is 0 Å². The molecule has 3 aromatic rings. The van der Waals surface area contributed by atoms with Crippen molar-refractivity contribution in [3.63, 3.8) is 0 Å². The zero-order valence-electron chi connectivity index (χ0n) is 18.6. The molecule has 0 radical (unpaired) electrons. The Morgan fingerprint density at radius 1 is 0.970 bits per heavy atom. The Bertz CT molecular complexity index is 1080. The average molecular weight is 481 g/mol. The van der Waals surface area contributed by atoms with Gasteiger partial charge >= 0.3 is 0 Å². The van der Waals surface area contributed by atoms with Crippen LogP contribution in [0.1, 0.15) is 23.4 Å². The largest absolute Gasteiger partial charge is 0.338 e. The van der Waals surface area contributed by atoms with Gasteiger partial charge in [0, 0.05) is 55.1 Å². The number of hydrogen-bond acceptors (Lipinski definition) is 6. The maximum Gasteiger partial charge on any atom is 0.245 e. The highest BCUT2D eigenvalue weighted by Crippen LogP contribution is 2.25. The molecule has 5 rings (SSSR count). The fourth-order valence-electron chi connectivity index (χ4n) is 4.64. The molecule has 1 atom stereocenters. The van der Waals surface area contributed by atoms with Gasteiger partial charge in [-0.2, -0.15) is 0 Å². The number of thiazole rings is 1. The summed E-state index contributed by atoms with van der Waals surface area (Å²) in [6, 6.07) is 13.9. The summed E-state index contributed by atoms with van der Waals surface area (Å²) in [6.45, 7) is 4.57. The molecule has 1 unspecified atom stereocenters. The van der Waals surface area contributed by atoms with Gasteiger partial charge < -0.3 is 9.80 Å². The second kappa shape index (κ2) is 10.2. The smallest absolute Gasteiger partial charge is 0.245 e. The van der Waals surface area contributed by atoms with Crippen molar-refractivity contribution in [1.82, 2.24) is 19.7 Å².